The maximum atomic E-state index is 12.8. The third kappa shape index (κ3) is 3.59. The second-order valence-electron chi connectivity index (χ2n) is 6.74. The molecular formula is C20H21F3N2O. The topological polar surface area (TPSA) is 42.0 Å². The van der Waals surface area contributed by atoms with Gasteiger partial charge in [-0.25, -0.2) is 0 Å². The average molecular weight is 362 g/mol. The fourth-order valence-corrected chi connectivity index (χ4v) is 3.48. The first-order valence-electron chi connectivity index (χ1n) is 8.75. The van der Waals surface area contributed by atoms with Crippen LogP contribution in [-0.4, -0.2) is 10.9 Å². The third-order valence-electron chi connectivity index (χ3n) is 5.01. The van der Waals surface area contributed by atoms with Gasteiger partial charge in [-0.15, -0.1) is 0 Å². The van der Waals surface area contributed by atoms with E-state index in [-0.39, 0.29) is 17.9 Å². The summed E-state index contributed by atoms with van der Waals surface area (Å²) in [4.78, 5) is 16.2. The van der Waals surface area contributed by atoms with E-state index in [0.29, 0.717) is 12.0 Å². The number of halogens is 3. The van der Waals surface area contributed by atoms with Crippen molar-refractivity contribution in [2.75, 3.05) is 0 Å². The molecule has 3 nitrogen and oxygen atoms in total. The predicted octanol–water partition coefficient (Wildman–Crippen LogP) is 4.92. The highest BCUT2D eigenvalue weighted by atomic mass is 19.4. The molecule has 26 heavy (non-hydrogen) atoms. The van der Waals surface area contributed by atoms with Gasteiger partial charge in [0.15, 0.2) is 0 Å². The number of benzene rings is 1. The first-order chi connectivity index (χ1) is 12.3. The second-order valence-corrected chi connectivity index (χ2v) is 6.74. The number of carbonyl (C=O) groups is 1. The summed E-state index contributed by atoms with van der Waals surface area (Å²) in [6.45, 7) is 3.90. The Morgan fingerprint density at radius 2 is 1.92 bits per heavy atom. The maximum Gasteiger partial charge on any atom is 0.416 e. The van der Waals surface area contributed by atoms with Crippen molar-refractivity contribution in [3.8, 4) is 11.1 Å². The predicted molar refractivity (Wildman–Crippen MR) is 93.3 cm³/mol. The Labute approximate surface area is 150 Å². The van der Waals surface area contributed by atoms with Crippen LogP contribution in [0.25, 0.3) is 11.1 Å². The van der Waals surface area contributed by atoms with Gasteiger partial charge in [-0.2, -0.15) is 13.2 Å². The molecule has 138 valence electrons. The van der Waals surface area contributed by atoms with Crippen LogP contribution in [0.5, 0.6) is 0 Å². The minimum absolute atomic E-state index is 0.0189. The Bertz CT molecular complexity index is 800. The Morgan fingerprint density at radius 3 is 2.54 bits per heavy atom. The number of alkyl halides is 3. The summed E-state index contributed by atoms with van der Waals surface area (Å²) in [5, 5.41) is 3.05. The fraction of sp³-hybridized carbons (Fsp3) is 0.400. The molecule has 2 aromatic rings. The molecule has 0 saturated carbocycles. The molecule has 1 amide bonds. The van der Waals surface area contributed by atoms with Gasteiger partial charge in [0, 0.05) is 24.4 Å². The van der Waals surface area contributed by atoms with E-state index < -0.39 is 11.7 Å². The van der Waals surface area contributed by atoms with E-state index in [4.69, 9.17) is 0 Å². The van der Waals surface area contributed by atoms with Crippen LogP contribution >= 0.6 is 0 Å². The van der Waals surface area contributed by atoms with Gasteiger partial charge in [0.05, 0.1) is 11.6 Å². The molecule has 1 unspecified atom stereocenters. The van der Waals surface area contributed by atoms with Crippen LogP contribution in [0.4, 0.5) is 13.2 Å². The first-order valence-corrected chi connectivity index (χ1v) is 8.75. The largest absolute Gasteiger partial charge is 0.416 e. The zero-order valence-corrected chi connectivity index (χ0v) is 14.7. The minimum Gasteiger partial charge on any atom is -0.349 e. The van der Waals surface area contributed by atoms with Crippen molar-refractivity contribution in [1.82, 2.24) is 10.3 Å². The van der Waals surface area contributed by atoms with Gasteiger partial charge in [-0.3, -0.25) is 9.78 Å². The first kappa shape index (κ1) is 18.4. The number of pyridine rings is 1. The lowest BCUT2D eigenvalue weighted by molar-refractivity contribution is -0.137. The Balaban J connectivity index is 2.00. The number of hydrogen-bond donors (Lipinski definition) is 1. The van der Waals surface area contributed by atoms with Crippen molar-refractivity contribution in [1.29, 1.82) is 0 Å². The van der Waals surface area contributed by atoms with E-state index in [1.807, 2.05) is 0 Å². The Kier molecular flexibility index (Phi) is 5.03. The lowest BCUT2D eigenvalue weighted by atomic mass is 9.79. The number of carbonyl (C=O) groups excluding carboxylic acids is 1. The zero-order chi connectivity index (χ0) is 18.9. The molecule has 0 fully saturated rings. The molecular weight excluding hydrogens is 341 g/mol. The molecule has 1 aromatic heterocycles. The number of fused-ring (bicyclic) bond motifs is 1. The smallest absolute Gasteiger partial charge is 0.349 e. The van der Waals surface area contributed by atoms with Crippen LogP contribution in [0.3, 0.4) is 0 Å². The van der Waals surface area contributed by atoms with Crippen LogP contribution in [0, 0.1) is 5.92 Å². The Hall–Kier alpha value is -2.37. The van der Waals surface area contributed by atoms with E-state index in [2.05, 4.69) is 17.2 Å². The molecule has 1 aromatic carbocycles. The second kappa shape index (κ2) is 7.09. The third-order valence-corrected chi connectivity index (χ3v) is 5.01. The maximum absolute atomic E-state index is 12.8. The van der Waals surface area contributed by atoms with Crippen LogP contribution in [0.1, 0.15) is 49.4 Å². The molecule has 0 aliphatic heterocycles. The average Bonchev–Trinajstić information content (AvgIpc) is 2.62. The van der Waals surface area contributed by atoms with Crippen molar-refractivity contribution >= 4 is 5.91 Å². The van der Waals surface area contributed by atoms with Crippen LogP contribution in [0.2, 0.25) is 0 Å². The molecule has 0 bridgehead atoms. The zero-order valence-electron chi connectivity index (χ0n) is 14.7. The summed E-state index contributed by atoms with van der Waals surface area (Å²) in [6, 6.07) is 5.04. The summed E-state index contributed by atoms with van der Waals surface area (Å²) in [5.74, 6) is 0.261. The van der Waals surface area contributed by atoms with Gasteiger partial charge in [-0.05, 0) is 47.6 Å². The number of hydrogen-bond acceptors (Lipinski definition) is 2. The quantitative estimate of drug-likeness (QED) is 0.842. The minimum atomic E-state index is -4.35. The van der Waals surface area contributed by atoms with Gasteiger partial charge in [0.1, 0.15) is 0 Å². The van der Waals surface area contributed by atoms with Crippen molar-refractivity contribution in [3.05, 3.63) is 53.3 Å². The van der Waals surface area contributed by atoms with Crippen LogP contribution < -0.4 is 5.32 Å². The summed E-state index contributed by atoms with van der Waals surface area (Å²) < 4.78 is 38.4. The monoisotopic (exact) mass is 362 g/mol. The number of amides is 1. The summed E-state index contributed by atoms with van der Waals surface area (Å²) >= 11 is 0. The molecule has 3 rings (SSSR count). The van der Waals surface area contributed by atoms with Gasteiger partial charge < -0.3 is 5.32 Å². The number of aromatic nitrogens is 1. The highest BCUT2D eigenvalue weighted by Crippen LogP contribution is 2.39. The highest BCUT2D eigenvalue weighted by Gasteiger charge is 2.31. The van der Waals surface area contributed by atoms with E-state index in [9.17, 15) is 18.0 Å². The Morgan fingerprint density at radius 1 is 1.23 bits per heavy atom. The lowest BCUT2D eigenvalue weighted by Gasteiger charge is -2.33. The van der Waals surface area contributed by atoms with Crippen LogP contribution in [-0.2, 0) is 17.4 Å². The molecule has 1 aliphatic rings. The molecule has 6 heteroatoms. The van der Waals surface area contributed by atoms with Gasteiger partial charge in [-0.1, -0.05) is 26.0 Å². The normalized spacial score (nSPS) is 19.7. The SMILES string of the molecule is CCC(=O)NC1c2cncc(-c3ccc(C(F)(F)F)cc3)c2CC[C@@H]1C. The van der Waals surface area contributed by atoms with Crippen molar-refractivity contribution in [3.63, 3.8) is 0 Å². The molecule has 0 spiro atoms. The molecule has 2 atom stereocenters. The van der Waals surface area contributed by atoms with E-state index in [0.717, 1.165) is 41.7 Å². The number of nitrogens with one attached hydrogen (secondary N) is 1. The molecule has 0 saturated heterocycles. The standard InChI is InChI=1S/C20H21F3N2O/c1-3-18(26)25-19-12(2)4-9-15-16(10-24-11-17(15)19)13-5-7-14(8-6-13)20(21,22)23/h5-8,10-12,19H,3-4,9H2,1-2H3,(H,25,26)/t12-,19?/m0/s1. The van der Waals surface area contributed by atoms with E-state index in [1.54, 1.807) is 19.3 Å². The molecule has 0 radical (unpaired) electrons. The van der Waals surface area contributed by atoms with E-state index >= 15 is 0 Å². The van der Waals surface area contributed by atoms with E-state index in [1.165, 1.54) is 12.1 Å². The number of rotatable bonds is 3. The van der Waals surface area contributed by atoms with Gasteiger partial charge in [0.2, 0.25) is 5.91 Å². The molecule has 1 aliphatic carbocycles. The van der Waals surface area contributed by atoms with Crippen molar-refractivity contribution in [2.24, 2.45) is 5.92 Å². The van der Waals surface area contributed by atoms with Gasteiger partial charge >= 0.3 is 6.18 Å². The fourth-order valence-electron chi connectivity index (χ4n) is 3.48. The highest BCUT2D eigenvalue weighted by molar-refractivity contribution is 5.76. The lowest BCUT2D eigenvalue weighted by Crippen LogP contribution is -2.35. The number of nitrogens with zero attached hydrogens (tertiary/aromatic N) is 1. The van der Waals surface area contributed by atoms with Crippen molar-refractivity contribution in [2.45, 2.75) is 45.3 Å². The molecule has 1 N–H and O–H groups in total. The van der Waals surface area contributed by atoms with Crippen LogP contribution in [0.15, 0.2) is 36.7 Å². The molecule has 1 heterocycles. The summed E-state index contributed by atoms with van der Waals surface area (Å²) in [7, 11) is 0. The van der Waals surface area contributed by atoms with Gasteiger partial charge in [0.25, 0.3) is 0 Å². The van der Waals surface area contributed by atoms with Crippen molar-refractivity contribution < 1.29 is 18.0 Å². The summed E-state index contributed by atoms with van der Waals surface area (Å²) in [5.41, 5.74) is 2.89. The summed E-state index contributed by atoms with van der Waals surface area (Å²) in [6.07, 6.45) is 1.23.